The van der Waals surface area contributed by atoms with Crippen LogP contribution in [0.15, 0.2) is 23.1 Å². The standard InChI is InChI=1S/C6H3Cl4NO2S/c7-4-1-2-6(5(8)3-4)14(12,13)11(9)10/h1-3H. The third-order valence-corrected chi connectivity index (χ3v) is 4.38. The number of benzene rings is 1. The van der Waals surface area contributed by atoms with E-state index in [2.05, 4.69) is 0 Å². The van der Waals surface area contributed by atoms with Crippen LogP contribution in [-0.2, 0) is 10.0 Å². The van der Waals surface area contributed by atoms with Crippen LogP contribution < -0.4 is 0 Å². The molecule has 0 saturated carbocycles. The average molecular weight is 295 g/mol. The third-order valence-electron chi connectivity index (χ3n) is 1.35. The van der Waals surface area contributed by atoms with Gasteiger partial charge in [0.25, 0.3) is 10.0 Å². The minimum atomic E-state index is -3.95. The number of hydrogen-bond donors (Lipinski definition) is 0. The Bertz CT molecular complexity index is 445. The summed E-state index contributed by atoms with van der Waals surface area (Å²) in [6, 6.07) is 3.88. The van der Waals surface area contributed by atoms with Crippen LogP contribution in [0.1, 0.15) is 0 Å². The molecule has 78 valence electrons. The highest BCUT2D eigenvalue weighted by Gasteiger charge is 2.24. The third kappa shape index (κ3) is 2.45. The first-order chi connectivity index (χ1) is 6.35. The summed E-state index contributed by atoms with van der Waals surface area (Å²) < 4.78 is 22.8. The van der Waals surface area contributed by atoms with Crippen molar-refractivity contribution in [3.05, 3.63) is 28.2 Å². The minimum Gasteiger partial charge on any atom is -0.204 e. The van der Waals surface area contributed by atoms with E-state index in [1.807, 2.05) is 0 Å². The van der Waals surface area contributed by atoms with Gasteiger partial charge in [-0.05, 0) is 21.5 Å². The van der Waals surface area contributed by atoms with Crippen molar-refractivity contribution in [1.82, 2.24) is 3.34 Å². The second kappa shape index (κ2) is 4.43. The van der Waals surface area contributed by atoms with E-state index in [1.54, 1.807) is 0 Å². The van der Waals surface area contributed by atoms with Crippen LogP contribution in [0.2, 0.25) is 10.0 Å². The molecule has 0 saturated heterocycles. The zero-order valence-corrected chi connectivity index (χ0v) is 10.3. The monoisotopic (exact) mass is 293 g/mol. The molecule has 0 aliphatic carbocycles. The molecule has 3 nitrogen and oxygen atoms in total. The van der Waals surface area contributed by atoms with Gasteiger partial charge in [0.15, 0.2) is 0 Å². The van der Waals surface area contributed by atoms with E-state index in [0.717, 1.165) is 0 Å². The number of sulfonamides is 1. The van der Waals surface area contributed by atoms with Crippen LogP contribution in [0.4, 0.5) is 0 Å². The summed E-state index contributed by atoms with van der Waals surface area (Å²) in [5.41, 5.74) is 0. The Morgan fingerprint density at radius 3 is 2.14 bits per heavy atom. The fourth-order valence-corrected chi connectivity index (χ4v) is 2.60. The van der Waals surface area contributed by atoms with E-state index >= 15 is 0 Å². The quantitative estimate of drug-likeness (QED) is 0.785. The number of halogens is 4. The van der Waals surface area contributed by atoms with Gasteiger partial charge in [-0.2, -0.15) is 0 Å². The molecular weight excluding hydrogens is 292 g/mol. The topological polar surface area (TPSA) is 37.4 Å². The fourth-order valence-electron chi connectivity index (χ4n) is 0.759. The summed E-state index contributed by atoms with van der Waals surface area (Å²) in [5.74, 6) is 0. The van der Waals surface area contributed by atoms with Gasteiger partial charge < -0.3 is 0 Å². The van der Waals surface area contributed by atoms with Crippen LogP contribution in [0, 0.1) is 0 Å². The molecule has 0 unspecified atom stereocenters. The average Bonchev–Trinajstić information content (AvgIpc) is 2.02. The van der Waals surface area contributed by atoms with Crippen molar-refractivity contribution in [2.75, 3.05) is 0 Å². The lowest BCUT2D eigenvalue weighted by Crippen LogP contribution is -2.12. The van der Waals surface area contributed by atoms with E-state index in [4.69, 9.17) is 46.8 Å². The van der Waals surface area contributed by atoms with Crippen molar-refractivity contribution >= 4 is 56.8 Å². The minimum absolute atomic E-state index is 0.0381. The summed E-state index contributed by atoms with van der Waals surface area (Å²) >= 11 is 21.5. The molecule has 0 N–H and O–H groups in total. The molecule has 0 bridgehead atoms. The smallest absolute Gasteiger partial charge is 0.204 e. The van der Waals surface area contributed by atoms with Crippen LogP contribution in [0.3, 0.4) is 0 Å². The van der Waals surface area contributed by atoms with Crippen molar-refractivity contribution in [3.8, 4) is 0 Å². The molecule has 1 aromatic carbocycles. The van der Waals surface area contributed by atoms with Crippen LogP contribution in [0.5, 0.6) is 0 Å². The van der Waals surface area contributed by atoms with Gasteiger partial charge in [-0.25, -0.2) is 8.42 Å². The van der Waals surface area contributed by atoms with Gasteiger partial charge >= 0.3 is 0 Å². The fraction of sp³-hybridized carbons (Fsp3) is 0. The zero-order valence-electron chi connectivity index (χ0n) is 6.42. The highest BCUT2D eigenvalue weighted by Crippen LogP contribution is 2.28. The van der Waals surface area contributed by atoms with Gasteiger partial charge in [0.1, 0.15) is 4.90 Å². The zero-order chi connectivity index (χ0) is 10.9. The lowest BCUT2D eigenvalue weighted by atomic mass is 10.4. The highest BCUT2D eigenvalue weighted by molar-refractivity contribution is 7.91. The second-order valence-electron chi connectivity index (χ2n) is 2.25. The van der Waals surface area contributed by atoms with Gasteiger partial charge in [0.05, 0.1) is 5.02 Å². The molecule has 0 atom stereocenters. The predicted molar refractivity (Wildman–Crippen MR) is 57.2 cm³/mol. The van der Waals surface area contributed by atoms with E-state index in [-0.39, 0.29) is 13.3 Å². The maximum atomic E-state index is 11.4. The maximum absolute atomic E-state index is 11.4. The lowest BCUT2D eigenvalue weighted by Gasteiger charge is -2.07. The summed E-state index contributed by atoms with van der Waals surface area (Å²) in [6.07, 6.45) is 0. The first-order valence-electron chi connectivity index (χ1n) is 3.17. The summed E-state index contributed by atoms with van der Waals surface area (Å²) in [6.45, 7) is 0. The van der Waals surface area contributed by atoms with Gasteiger partial charge in [-0.15, -0.1) is 0 Å². The van der Waals surface area contributed by atoms with Gasteiger partial charge in [0, 0.05) is 28.6 Å². The van der Waals surface area contributed by atoms with E-state index < -0.39 is 10.0 Å². The molecule has 0 aromatic heterocycles. The number of nitrogens with zero attached hydrogens (tertiary/aromatic N) is 1. The Hall–Kier alpha value is 0.290. The van der Waals surface area contributed by atoms with Crippen LogP contribution in [0.25, 0.3) is 0 Å². The van der Waals surface area contributed by atoms with E-state index in [0.29, 0.717) is 5.02 Å². The van der Waals surface area contributed by atoms with Crippen LogP contribution >= 0.6 is 46.8 Å². The summed E-state index contributed by atoms with van der Waals surface area (Å²) in [4.78, 5) is -0.200. The normalized spacial score (nSPS) is 12.1. The van der Waals surface area contributed by atoms with E-state index in [9.17, 15) is 8.42 Å². The number of hydrogen-bond acceptors (Lipinski definition) is 2. The Morgan fingerprint density at radius 1 is 1.14 bits per heavy atom. The predicted octanol–water partition coefficient (Wildman–Crippen LogP) is 3.29. The lowest BCUT2D eigenvalue weighted by molar-refractivity contribution is 0.579. The summed E-state index contributed by atoms with van der Waals surface area (Å²) in [7, 11) is -3.95. The maximum Gasteiger partial charge on any atom is 0.272 e. The number of rotatable bonds is 2. The van der Waals surface area contributed by atoms with Crippen molar-refractivity contribution in [1.29, 1.82) is 0 Å². The first kappa shape index (κ1) is 12.4. The molecule has 0 radical (unpaired) electrons. The Morgan fingerprint density at radius 2 is 1.71 bits per heavy atom. The molecule has 0 amide bonds. The Labute approximate surface area is 101 Å². The second-order valence-corrected chi connectivity index (χ2v) is 6.10. The molecule has 0 aliphatic heterocycles. The van der Waals surface area contributed by atoms with Crippen molar-refractivity contribution in [2.24, 2.45) is 0 Å². The Balaban J connectivity index is 3.35. The van der Waals surface area contributed by atoms with Crippen molar-refractivity contribution in [2.45, 2.75) is 4.90 Å². The molecule has 0 aliphatic rings. The highest BCUT2D eigenvalue weighted by atomic mass is 35.5. The first-order valence-corrected chi connectivity index (χ1v) is 6.05. The molecule has 0 fully saturated rings. The van der Waals surface area contributed by atoms with Crippen molar-refractivity contribution in [3.63, 3.8) is 0 Å². The van der Waals surface area contributed by atoms with Gasteiger partial charge in [-0.1, -0.05) is 23.2 Å². The summed E-state index contributed by atoms with van der Waals surface area (Å²) in [5, 5.41) is 0.286. The molecule has 0 heterocycles. The SMILES string of the molecule is O=S(=O)(c1ccc(Cl)cc1Cl)N(Cl)Cl. The van der Waals surface area contributed by atoms with Gasteiger partial charge in [-0.3, -0.25) is 0 Å². The van der Waals surface area contributed by atoms with Crippen molar-refractivity contribution < 1.29 is 8.42 Å². The largest absolute Gasteiger partial charge is 0.272 e. The molecular formula is C6H3Cl4NO2S. The Kier molecular flexibility index (Phi) is 3.91. The molecule has 1 aromatic rings. The van der Waals surface area contributed by atoms with E-state index in [1.165, 1.54) is 18.2 Å². The van der Waals surface area contributed by atoms with Crippen LogP contribution in [-0.4, -0.2) is 11.8 Å². The molecule has 14 heavy (non-hydrogen) atoms. The molecule has 8 heteroatoms. The van der Waals surface area contributed by atoms with Gasteiger partial charge in [0.2, 0.25) is 0 Å². The molecule has 1 rings (SSSR count). The molecule has 0 spiro atoms.